The number of aryl methyl sites for hydroxylation is 1. The number of rotatable bonds is 8. The number of hydrogen-bond donors (Lipinski definition) is 3. The van der Waals surface area contributed by atoms with Gasteiger partial charge in [-0.15, -0.1) is 11.3 Å². The van der Waals surface area contributed by atoms with E-state index in [0.29, 0.717) is 33.9 Å². The Labute approximate surface area is 223 Å². The van der Waals surface area contributed by atoms with Crippen molar-refractivity contribution in [2.75, 3.05) is 35.2 Å². The van der Waals surface area contributed by atoms with E-state index >= 15 is 0 Å². The lowest BCUT2D eigenvalue weighted by Gasteiger charge is -2.30. The normalized spacial score (nSPS) is 13.8. The lowest BCUT2D eigenvalue weighted by molar-refractivity contribution is -0.116. The van der Waals surface area contributed by atoms with Gasteiger partial charge in [-0.05, 0) is 50.5 Å². The number of carbonyl (C=O) groups excluding carboxylic acids is 2. The SMILES string of the molecule is CCNC(=O)C(C#N)=c1sc(=CNc2cccc(NC(=O)CN3CCCc4ccccc43)n2)c(=O)n1CC. The summed E-state index contributed by atoms with van der Waals surface area (Å²) >= 11 is 1.05. The number of anilines is 3. The lowest BCUT2D eigenvalue weighted by atomic mass is 10.0. The van der Waals surface area contributed by atoms with Crippen LogP contribution in [0.4, 0.5) is 17.3 Å². The molecule has 0 aliphatic carbocycles. The van der Waals surface area contributed by atoms with E-state index in [1.54, 1.807) is 32.0 Å². The van der Waals surface area contributed by atoms with Gasteiger partial charge in [-0.3, -0.25) is 19.0 Å². The molecule has 4 rings (SSSR count). The second-order valence-electron chi connectivity index (χ2n) is 8.57. The second-order valence-corrected chi connectivity index (χ2v) is 9.60. The number of nitriles is 1. The summed E-state index contributed by atoms with van der Waals surface area (Å²) in [5.41, 5.74) is 1.91. The van der Waals surface area contributed by atoms with Crippen LogP contribution in [0.2, 0.25) is 0 Å². The van der Waals surface area contributed by atoms with Crippen molar-refractivity contribution in [3.05, 3.63) is 67.6 Å². The van der Waals surface area contributed by atoms with Crippen molar-refractivity contribution >= 4 is 52.2 Å². The summed E-state index contributed by atoms with van der Waals surface area (Å²) in [6.07, 6.45) is 3.50. The molecule has 0 saturated carbocycles. The molecule has 0 saturated heterocycles. The number of aromatic nitrogens is 2. The van der Waals surface area contributed by atoms with Gasteiger partial charge < -0.3 is 20.9 Å². The Morgan fingerprint density at radius 1 is 1.16 bits per heavy atom. The zero-order valence-corrected chi connectivity index (χ0v) is 22.1. The van der Waals surface area contributed by atoms with Crippen LogP contribution in [0.25, 0.3) is 11.8 Å². The van der Waals surface area contributed by atoms with Crippen LogP contribution < -0.4 is 35.6 Å². The van der Waals surface area contributed by atoms with Crippen molar-refractivity contribution in [2.24, 2.45) is 0 Å². The largest absolute Gasteiger partial charge is 0.362 e. The standard InChI is InChI=1S/C27H29N7O3S/c1-3-29-25(36)19(15-28)27-34(4-2)26(37)21(38-27)16-30-22-12-7-13-23(31-22)32-24(35)17-33-14-8-10-18-9-5-6-11-20(18)33/h5-7,9,11-13,16H,3-4,8,10,14,17H2,1-2H3,(H,29,36)(H2,30,31,32,35). The molecule has 1 aromatic carbocycles. The maximum absolute atomic E-state index is 12.9. The third kappa shape index (κ3) is 5.92. The van der Waals surface area contributed by atoms with Gasteiger partial charge in [-0.1, -0.05) is 24.3 Å². The summed E-state index contributed by atoms with van der Waals surface area (Å²) in [4.78, 5) is 44.5. The van der Waals surface area contributed by atoms with Crippen molar-refractivity contribution < 1.29 is 9.59 Å². The first-order valence-electron chi connectivity index (χ1n) is 12.4. The number of hydrogen-bond acceptors (Lipinski definition) is 8. The fourth-order valence-electron chi connectivity index (χ4n) is 4.29. The molecule has 11 heteroatoms. The Morgan fingerprint density at radius 3 is 2.71 bits per heavy atom. The first kappa shape index (κ1) is 26.6. The Hall–Kier alpha value is -4.43. The van der Waals surface area contributed by atoms with Crippen LogP contribution in [0, 0.1) is 11.3 Å². The third-order valence-electron chi connectivity index (χ3n) is 6.02. The van der Waals surface area contributed by atoms with E-state index in [1.165, 1.54) is 16.3 Å². The van der Waals surface area contributed by atoms with Gasteiger partial charge in [-0.25, -0.2) is 4.98 Å². The van der Waals surface area contributed by atoms with Gasteiger partial charge in [0, 0.05) is 31.5 Å². The molecule has 196 valence electrons. The minimum atomic E-state index is -0.517. The number of nitrogens with one attached hydrogen (secondary N) is 3. The smallest absolute Gasteiger partial charge is 0.270 e. The second kappa shape index (κ2) is 12.2. The Kier molecular flexibility index (Phi) is 8.55. The predicted molar refractivity (Wildman–Crippen MR) is 149 cm³/mol. The van der Waals surface area contributed by atoms with Crippen molar-refractivity contribution in [3.8, 4) is 6.07 Å². The highest BCUT2D eigenvalue weighted by Crippen LogP contribution is 2.26. The number of carbonyl (C=O) groups is 2. The van der Waals surface area contributed by atoms with Crippen LogP contribution in [0.3, 0.4) is 0 Å². The van der Waals surface area contributed by atoms with Gasteiger partial charge in [0.15, 0.2) is 5.57 Å². The van der Waals surface area contributed by atoms with Crippen molar-refractivity contribution in [3.63, 3.8) is 0 Å². The summed E-state index contributed by atoms with van der Waals surface area (Å²) in [5, 5.41) is 18.0. The van der Waals surface area contributed by atoms with Crippen LogP contribution in [-0.4, -0.2) is 41.0 Å². The van der Waals surface area contributed by atoms with Crippen LogP contribution in [0.15, 0.2) is 47.3 Å². The highest BCUT2D eigenvalue weighted by Gasteiger charge is 2.19. The molecule has 0 bridgehead atoms. The molecule has 3 heterocycles. The Bertz CT molecular complexity index is 1570. The average Bonchev–Trinajstić information content (AvgIpc) is 3.23. The van der Waals surface area contributed by atoms with Gasteiger partial charge >= 0.3 is 0 Å². The van der Waals surface area contributed by atoms with Crippen LogP contribution in [0.1, 0.15) is 25.8 Å². The molecule has 0 atom stereocenters. The number of benzene rings is 1. The number of para-hydroxylation sites is 1. The third-order valence-corrected chi connectivity index (χ3v) is 7.15. The monoisotopic (exact) mass is 531 g/mol. The average molecular weight is 532 g/mol. The number of nitrogens with zero attached hydrogens (tertiary/aromatic N) is 4. The maximum atomic E-state index is 12.9. The van der Waals surface area contributed by atoms with E-state index in [2.05, 4.69) is 31.9 Å². The number of pyridine rings is 1. The van der Waals surface area contributed by atoms with Gasteiger partial charge in [0.1, 0.15) is 26.9 Å². The van der Waals surface area contributed by atoms with Gasteiger partial charge in [0.2, 0.25) is 5.91 Å². The zero-order chi connectivity index (χ0) is 27.1. The van der Waals surface area contributed by atoms with Gasteiger partial charge in [0.25, 0.3) is 11.5 Å². The molecule has 0 fully saturated rings. The molecule has 10 nitrogen and oxygen atoms in total. The molecule has 3 N–H and O–H groups in total. The highest BCUT2D eigenvalue weighted by molar-refractivity contribution is 7.07. The van der Waals surface area contributed by atoms with E-state index in [0.717, 1.165) is 36.4 Å². The molecule has 2 aromatic heterocycles. The first-order chi connectivity index (χ1) is 18.4. The fraction of sp³-hybridized carbons (Fsp3) is 0.296. The fourth-order valence-corrected chi connectivity index (χ4v) is 5.38. The summed E-state index contributed by atoms with van der Waals surface area (Å²) in [6.45, 7) is 5.25. The van der Waals surface area contributed by atoms with Crippen LogP contribution >= 0.6 is 11.3 Å². The molecular formula is C27H29N7O3S. The molecule has 0 radical (unpaired) electrons. The van der Waals surface area contributed by atoms with E-state index in [-0.39, 0.29) is 23.6 Å². The number of fused-ring (bicyclic) bond motifs is 1. The molecule has 3 aromatic rings. The van der Waals surface area contributed by atoms with Crippen molar-refractivity contribution in [1.29, 1.82) is 5.26 Å². The topological polar surface area (TPSA) is 132 Å². The van der Waals surface area contributed by atoms with Crippen LogP contribution in [0.5, 0.6) is 0 Å². The number of amides is 2. The molecule has 0 spiro atoms. The zero-order valence-electron chi connectivity index (χ0n) is 21.3. The summed E-state index contributed by atoms with van der Waals surface area (Å²) in [6, 6.07) is 15.2. The lowest BCUT2D eigenvalue weighted by Crippen LogP contribution is -2.36. The first-order valence-corrected chi connectivity index (χ1v) is 13.3. The van der Waals surface area contributed by atoms with Gasteiger partial charge in [-0.2, -0.15) is 5.26 Å². The maximum Gasteiger partial charge on any atom is 0.270 e. The summed E-state index contributed by atoms with van der Waals surface area (Å²) in [5.74, 6) is 0.120. The van der Waals surface area contributed by atoms with Crippen LogP contribution in [-0.2, 0) is 22.6 Å². The quantitative estimate of drug-likeness (QED) is 0.400. The molecule has 1 aliphatic heterocycles. The van der Waals surface area contributed by atoms with Gasteiger partial charge in [0.05, 0.1) is 6.54 Å². The molecule has 2 amide bonds. The summed E-state index contributed by atoms with van der Waals surface area (Å²) in [7, 11) is 0. The number of thiazole rings is 1. The van der Waals surface area contributed by atoms with Crippen molar-refractivity contribution in [2.45, 2.75) is 33.2 Å². The molecule has 1 aliphatic rings. The van der Waals surface area contributed by atoms with E-state index in [9.17, 15) is 19.6 Å². The minimum absolute atomic E-state index is 0.102. The Balaban J connectivity index is 1.51. The predicted octanol–water partition coefficient (Wildman–Crippen LogP) is 1.38. The highest BCUT2D eigenvalue weighted by atomic mass is 32.1. The van der Waals surface area contributed by atoms with E-state index in [4.69, 9.17) is 0 Å². The van der Waals surface area contributed by atoms with E-state index in [1.807, 2.05) is 24.3 Å². The molecule has 0 unspecified atom stereocenters. The Morgan fingerprint density at radius 2 is 1.95 bits per heavy atom. The van der Waals surface area contributed by atoms with Crippen molar-refractivity contribution in [1.82, 2.24) is 14.9 Å². The molecule has 38 heavy (non-hydrogen) atoms. The minimum Gasteiger partial charge on any atom is -0.362 e. The molecular weight excluding hydrogens is 502 g/mol. The van der Waals surface area contributed by atoms with E-state index < -0.39 is 5.91 Å². The summed E-state index contributed by atoms with van der Waals surface area (Å²) < 4.78 is 2.01.